The molecule has 0 radical (unpaired) electrons. The summed E-state index contributed by atoms with van der Waals surface area (Å²) < 4.78 is 13.3. The van der Waals surface area contributed by atoms with Crippen molar-refractivity contribution in [2.24, 2.45) is 4.99 Å². The second-order valence-corrected chi connectivity index (χ2v) is 6.10. The summed E-state index contributed by atoms with van der Waals surface area (Å²) in [5.41, 5.74) is 1.60. The molecule has 0 aliphatic carbocycles. The van der Waals surface area contributed by atoms with Crippen LogP contribution in [0.15, 0.2) is 23.2 Å². The maximum absolute atomic E-state index is 13.3. The number of carbonyl (C=O) groups excluding carboxylic acids is 1. The molecular weight excluding hydrogens is 307 g/mol. The lowest BCUT2D eigenvalue weighted by Crippen LogP contribution is -2.45. The average molecular weight is 334 g/mol. The predicted octanol–water partition coefficient (Wildman–Crippen LogP) is 2.20. The Morgan fingerprint density at radius 1 is 1.42 bits per heavy atom. The summed E-state index contributed by atoms with van der Waals surface area (Å²) in [5.74, 6) is 0.734. The van der Waals surface area contributed by atoms with Crippen molar-refractivity contribution in [1.82, 2.24) is 15.5 Å². The number of hydrogen-bond acceptors (Lipinski definition) is 2. The number of aryl methyl sites for hydroxylation is 1. The number of nitrogens with zero attached hydrogens (tertiary/aromatic N) is 2. The van der Waals surface area contributed by atoms with Crippen molar-refractivity contribution in [2.45, 2.75) is 46.2 Å². The Morgan fingerprint density at radius 3 is 2.88 bits per heavy atom. The van der Waals surface area contributed by atoms with Crippen LogP contribution < -0.4 is 10.6 Å². The van der Waals surface area contributed by atoms with E-state index in [9.17, 15) is 9.18 Å². The third-order valence-corrected chi connectivity index (χ3v) is 4.17. The van der Waals surface area contributed by atoms with Gasteiger partial charge in [0.15, 0.2) is 5.96 Å². The first-order valence-corrected chi connectivity index (χ1v) is 8.61. The summed E-state index contributed by atoms with van der Waals surface area (Å²) in [6.45, 7) is 8.41. The highest BCUT2D eigenvalue weighted by atomic mass is 19.1. The van der Waals surface area contributed by atoms with Crippen molar-refractivity contribution in [3.63, 3.8) is 0 Å². The molecule has 2 rings (SSSR count). The molecule has 0 spiro atoms. The van der Waals surface area contributed by atoms with Crippen LogP contribution in [0.25, 0.3) is 0 Å². The van der Waals surface area contributed by atoms with Crippen molar-refractivity contribution in [3.05, 3.63) is 35.1 Å². The second-order valence-electron chi connectivity index (χ2n) is 6.10. The van der Waals surface area contributed by atoms with Crippen LogP contribution in [0.3, 0.4) is 0 Å². The van der Waals surface area contributed by atoms with Crippen LogP contribution in [0.1, 0.15) is 37.8 Å². The molecule has 2 N–H and O–H groups in total. The van der Waals surface area contributed by atoms with E-state index in [1.54, 1.807) is 13.0 Å². The van der Waals surface area contributed by atoms with E-state index in [0.717, 1.165) is 31.0 Å². The molecule has 5 nitrogen and oxygen atoms in total. The number of amides is 1. The number of likely N-dealkylation sites (tertiary alicyclic amines) is 1. The van der Waals surface area contributed by atoms with Crippen LogP contribution in [-0.4, -0.2) is 42.4 Å². The Kier molecular flexibility index (Phi) is 6.58. The van der Waals surface area contributed by atoms with Gasteiger partial charge >= 0.3 is 0 Å². The van der Waals surface area contributed by atoms with E-state index in [-0.39, 0.29) is 17.8 Å². The Hall–Kier alpha value is -2.11. The Bertz CT molecular complexity index is 603. The van der Waals surface area contributed by atoms with E-state index in [4.69, 9.17) is 0 Å². The number of halogens is 1. The maximum atomic E-state index is 13.3. The quantitative estimate of drug-likeness (QED) is 0.641. The van der Waals surface area contributed by atoms with Gasteiger partial charge in [0.05, 0.1) is 6.54 Å². The lowest BCUT2D eigenvalue weighted by atomic mass is 10.1. The van der Waals surface area contributed by atoms with Gasteiger partial charge in [-0.3, -0.25) is 4.79 Å². The number of guanidine groups is 1. The Labute approximate surface area is 143 Å². The van der Waals surface area contributed by atoms with Crippen LogP contribution >= 0.6 is 0 Å². The zero-order valence-electron chi connectivity index (χ0n) is 14.7. The molecule has 1 amide bonds. The molecule has 1 heterocycles. The molecule has 1 aromatic rings. The standard InChI is InChI=1S/C18H27FN4O/c1-4-17(24)23-9-8-15(12-23)22-18(20-5-2)21-11-14-6-7-16(19)13(3)10-14/h6-7,10,15H,4-5,8-9,11-12H2,1-3H3,(H2,20,21,22). The van der Waals surface area contributed by atoms with Crippen LogP contribution in [0, 0.1) is 12.7 Å². The first kappa shape index (κ1) is 18.2. The van der Waals surface area contributed by atoms with E-state index >= 15 is 0 Å². The molecule has 132 valence electrons. The van der Waals surface area contributed by atoms with Crippen molar-refractivity contribution < 1.29 is 9.18 Å². The van der Waals surface area contributed by atoms with Gasteiger partial charge in [-0.15, -0.1) is 0 Å². The number of benzene rings is 1. The fourth-order valence-electron chi connectivity index (χ4n) is 2.82. The van der Waals surface area contributed by atoms with Gasteiger partial charge in [0.25, 0.3) is 0 Å². The van der Waals surface area contributed by atoms with Crippen LogP contribution in [0.5, 0.6) is 0 Å². The molecule has 24 heavy (non-hydrogen) atoms. The molecule has 1 unspecified atom stereocenters. The highest BCUT2D eigenvalue weighted by Gasteiger charge is 2.25. The molecule has 1 aliphatic heterocycles. The summed E-state index contributed by atoms with van der Waals surface area (Å²) >= 11 is 0. The monoisotopic (exact) mass is 334 g/mol. The fraction of sp³-hybridized carbons (Fsp3) is 0.556. The van der Waals surface area contributed by atoms with Gasteiger partial charge in [-0.25, -0.2) is 9.38 Å². The van der Waals surface area contributed by atoms with Crippen molar-refractivity contribution >= 4 is 11.9 Å². The third-order valence-electron chi connectivity index (χ3n) is 4.17. The van der Waals surface area contributed by atoms with Gasteiger partial charge in [0.2, 0.25) is 5.91 Å². The van der Waals surface area contributed by atoms with Crippen molar-refractivity contribution in [2.75, 3.05) is 19.6 Å². The topological polar surface area (TPSA) is 56.7 Å². The second kappa shape index (κ2) is 8.66. The van der Waals surface area contributed by atoms with Gasteiger partial charge in [0.1, 0.15) is 5.82 Å². The van der Waals surface area contributed by atoms with Gasteiger partial charge < -0.3 is 15.5 Å². The highest BCUT2D eigenvalue weighted by molar-refractivity contribution is 5.80. The molecular formula is C18H27FN4O. The Balaban J connectivity index is 1.96. The lowest BCUT2D eigenvalue weighted by Gasteiger charge is -2.18. The third kappa shape index (κ3) is 4.94. The van der Waals surface area contributed by atoms with E-state index < -0.39 is 0 Å². The molecule has 0 bridgehead atoms. The zero-order valence-corrected chi connectivity index (χ0v) is 14.7. The zero-order chi connectivity index (χ0) is 17.5. The minimum absolute atomic E-state index is 0.195. The first-order chi connectivity index (χ1) is 11.5. The summed E-state index contributed by atoms with van der Waals surface area (Å²) in [7, 11) is 0. The van der Waals surface area contributed by atoms with Crippen molar-refractivity contribution in [3.8, 4) is 0 Å². The minimum atomic E-state index is -0.195. The van der Waals surface area contributed by atoms with E-state index in [2.05, 4.69) is 15.6 Å². The number of rotatable bonds is 5. The van der Waals surface area contributed by atoms with Crippen molar-refractivity contribution in [1.29, 1.82) is 0 Å². The summed E-state index contributed by atoms with van der Waals surface area (Å²) in [5, 5.41) is 6.62. The summed E-state index contributed by atoms with van der Waals surface area (Å²) in [6, 6.07) is 5.27. The molecule has 6 heteroatoms. The fourth-order valence-corrected chi connectivity index (χ4v) is 2.82. The molecule has 1 saturated heterocycles. The SMILES string of the molecule is CCNC(=NCc1ccc(F)c(C)c1)NC1CCN(C(=O)CC)C1. The minimum Gasteiger partial charge on any atom is -0.357 e. The molecule has 0 aromatic heterocycles. The normalized spacial score (nSPS) is 17.9. The predicted molar refractivity (Wildman–Crippen MR) is 94.4 cm³/mol. The summed E-state index contributed by atoms with van der Waals surface area (Å²) in [6.07, 6.45) is 1.47. The molecule has 0 saturated carbocycles. The summed E-state index contributed by atoms with van der Waals surface area (Å²) in [4.78, 5) is 18.2. The van der Waals surface area contributed by atoms with Gasteiger partial charge in [-0.05, 0) is 37.5 Å². The molecule has 1 fully saturated rings. The maximum Gasteiger partial charge on any atom is 0.222 e. The number of aliphatic imine (C=N–C) groups is 1. The largest absolute Gasteiger partial charge is 0.357 e. The number of nitrogens with one attached hydrogen (secondary N) is 2. The Morgan fingerprint density at radius 2 is 2.21 bits per heavy atom. The van der Waals surface area contributed by atoms with Gasteiger partial charge in [-0.2, -0.15) is 0 Å². The van der Waals surface area contributed by atoms with E-state index in [1.165, 1.54) is 6.07 Å². The molecule has 1 aliphatic rings. The smallest absolute Gasteiger partial charge is 0.222 e. The van der Waals surface area contributed by atoms with Gasteiger partial charge in [0, 0.05) is 32.1 Å². The van der Waals surface area contributed by atoms with Crippen LogP contribution in [0.4, 0.5) is 4.39 Å². The highest BCUT2D eigenvalue weighted by Crippen LogP contribution is 2.12. The first-order valence-electron chi connectivity index (χ1n) is 8.61. The van der Waals surface area contributed by atoms with Gasteiger partial charge in [-0.1, -0.05) is 19.1 Å². The number of carbonyl (C=O) groups is 1. The van der Waals surface area contributed by atoms with Crippen LogP contribution in [-0.2, 0) is 11.3 Å². The lowest BCUT2D eigenvalue weighted by molar-refractivity contribution is -0.129. The number of hydrogen-bond donors (Lipinski definition) is 2. The van der Waals surface area contributed by atoms with E-state index in [0.29, 0.717) is 25.1 Å². The molecule has 1 atom stereocenters. The average Bonchev–Trinajstić information content (AvgIpc) is 3.03. The molecule has 1 aromatic carbocycles. The van der Waals surface area contributed by atoms with Crippen LogP contribution in [0.2, 0.25) is 0 Å². The van der Waals surface area contributed by atoms with E-state index in [1.807, 2.05) is 24.8 Å².